The van der Waals surface area contributed by atoms with E-state index >= 15 is 0 Å². The van der Waals surface area contributed by atoms with Gasteiger partial charge < -0.3 is 9.47 Å². The fourth-order valence-electron chi connectivity index (χ4n) is 3.46. The van der Waals surface area contributed by atoms with E-state index in [9.17, 15) is 14.9 Å². The van der Waals surface area contributed by atoms with E-state index in [0.29, 0.717) is 12.8 Å². The minimum atomic E-state index is -0.504. The number of nitro benzene ring substituents is 1. The summed E-state index contributed by atoms with van der Waals surface area (Å²) < 4.78 is 11.8. The van der Waals surface area contributed by atoms with Gasteiger partial charge >= 0.3 is 5.97 Å². The molecule has 1 aromatic rings. The molecule has 0 N–H and O–H groups in total. The third-order valence-corrected chi connectivity index (χ3v) is 5.09. The maximum Gasteiger partial charge on any atom is 0.338 e. The molecule has 0 radical (unpaired) electrons. The molecule has 6 heteroatoms. The van der Waals surface area contributed by atoms with Crippen molar-refractivity contribution in [1.29, 1.82) is 0 Å². The Morgan fingerprint density at radius 2 is 2.07 bits per heavy atom. The summed E-state index contributed by atoms with van der Waals surface area (Å²) in [6.07, 6.45) is 4.72. The Kier molecular flexibility index (Phi) is 8.37. The first-order valence-corrected chi connectivity index (χ1v) is 9.98. The molecule has 0 saturated carbocycles. The van der Waals surface area contributed by atoms with Gasteiger partial charge in [-0.1, -0.05) is 26.5 Å². The number of nitro groups is 1. The fourth-order valence-corrected chi connectivity index (χ4v) is 3.46. The number of nitrogens with zero attached hydrogens (tertiary/aromatic N) is 1. The van der Waals surface area contributed by atoms with Gasteiger partial charge in [0.2, 0.25) is 0 Å². The van der Waals surface area contributed by atoms with Crippen molar-refractivity contribution >= 4 is 11.7 Å². The van der Waals surface area contributed by atoms with Gasteiger partial charge in [0.25, 0.3) is 5.69 Å². The van der Waals surface area contributed by atoms with Gasteiger partial charge in [0.15, 0.2) is 0 Å². The zero-order chi connectivity index (χ0) is 21.4. The molecule has 0 aromatic heterocycles. The van der Waals surface area contributed by atoms with Gasteiger partial charge in [-0.15, -0.1) is 5.73 Å². The summed E-state index contributed by atoms with van der Waals surface area (Å²) in [6, 6.07) is 5.41. The molecule has 2 rings (SSSR count). The van der Waals surface area contributed by atoms with Gasteiger partial charge in [-0.2, -0.15) is 0 Å². The Hall–Kier alpha value is -2.69. The van der Waals surface area contributed by atoms with Crippen molar-refractivity contribution in [3.63, 3.8) is 0 Å². The Bertz CT molecular complexity index is 792. The normalized spacial score (nSPS) is 19.4. The number of hydrogen-bond acceptors (Lipinski definition) is 5. The summed E-state index contributed by atoms with van der Waals surface area (Å²) in [5.41, 5.74) is 5.06. The largest absolute Gasteiger partial charge is 0.458 e. The lowest BCUT2D eigenvalue weighted by Gasteiger charge is -2.20. The zero-order valence-corrected chi connectivity index (χ0v) is 17.2. The van der Waals surface area contributed by atoms with Gasteiger partial charge in [0, 0.05) is 18.6 Å². The molecule has 0 spiro atoms. The van der Waals surface area contributed by atoms with Gasteiger partial charge in [-0.3, -0.25) is 10.1 Å². The first-order chi connectivity index (χ1) is 13.8. The summed E-state index contributed by atoms with van der Waals surface area (Å²) in [7, 11) is 0. The summed E-state index contributed by atoms with van der Waals surface area (Å²) in [5.74, 6) is -0.503. The van der Waals surface area contributed by atoms with Crippen LogP contribution in [-0.4, -0.2) is 29.2 Å². The second-order valence-electron chi connectivity index (χ2n) is 7.47. The maximum atomic E-state index is 12.5. The number of non-ortho nitro benzene ring substituents is 1. The third kappa shape index (κ3) is 6.70. The van der Waals surface area contributed by atoms with E-state index in [2.05, 4.69) is 25.8 Å². The van der Waals surface area contributed by atoms with Crippen molar-refractivity contribution in [3.05, 3.63) is 70.0 Å². The predicted octanol–water partition coefficient (Wildman–Crippen LogP) is 5.54. The van der Waals surface area contributed by atoms with Gasteiger partial charge in [-0.25, -0.2) is 4.79 Å². The number of hydrogen-bond donors (Lipinski definition) is 0. The highest BCUT2D eigenvalue weighted by Crippen LogP contribution is 2.31. The summed E-state index contributed by atoms with van der Waals surface area (Å²) >= 11 is 0. The fraction of sp³-hybridized carbons (Fsp3) is 0.478. The van der Waals surface area contributed by atoms with Crippen LogP contribution in [0.1, 0.15) is 62.7 Å². The smallest absolute Gasteiger partial charge is 0.338 e. The molecule has 0 amide bonds. The average molecular weight is 399 g/mol. The van der Waals surface area contributed by atoms with Crippen molar-refractivity contribution in [2.45, 2.75) is 70.7 Å². The topological polar surface area (TPSA) is 78.7 Å². The SMILES string of the molecule is C=C=C(C)C[C@H](CCC1O[C@@H](CCC)CC1=C)OC(=O)c1ccc([N+](=O)[O-])cc1. The predicted molar refractivity (Wildman–Crippen MR) is 112 cm³/mol. The number of benzene rings is 1. The van der Waals surface area contributed by atoms with E-state index in [1.165, 1.54) is 24.3 Å². The number of carbonyl (C=O) groups is 1. The number of rotatable bonds is 10. The molecule has 1 fully saturated rings. The second-order valence-corrected chi connectivity index (χ2v) is 7.47. The maximum absolute atomic E-state index is 12.5. The van der Waals surface area contributed by atoms with E-state index < -0.39 is 10.9 Å². The monoisotopic (exact) mass is 399 g/mol. The van der Waals surface area contributed by atoms with Crippen LogP contribution in [0.5, 0.6) is 0 Å². The standard InChI is InChI=1S/C23H29NO5/c1-5-7-20-15-17(4)22(28-20)13-12-21(14-16(3)6-2)29-23(25)18-8-10-19(11-9-18)24(26)27/h8-11,20-22H,2,4-5,7,12-15H2,1,3H3/t20-,21-,22?/m0/s1. The zero-order valence-electron chi connectivity index (χ0n) is 17.2. The highest BCUT2D eigenvalue weighted by Gasteiger charge is 2.29. The van der Waals surface area contributed by atoms with Crippen molar-refractivity contribution in [1.82, 2.24) is 0 Å². The molecule has 1 aliphatic heterocycles. The quantitative estimate of drug-likeness (QED) is 0.170. The van der Waals surface area contributed by atoms with E-state index in [1.807, 2.05) is 6.92 Å². The van der Waals surface area contributed by atoms with Gasteiger partial charge in [0.1, 0.15) is 6.10 Å². The number of carbonyl (C=O) groups excluding carboxylic acids is 1. The lowest BCUT2D eigenvalue weighted by atomic mass is 9.99. The van der Waals surface area contributed by atoms with Crippen molar-refractivity contribution in [2.75, 3.05) is 0 Å². The molecule has 1 heterocycles. The molecule has 1 unspecified atom stereocenters. The molecule has 0 aliphatic carbocycles. The van der Waals surface area contributed by atoms with Crippen LogP contribution in [-0.2, 0) is 9.47 Å². The minimum Gasteiger partial charge on any atom is -0.458 e. The van der Waals surface area contributed by atoms with Crippen LogP contribution in [0.3, 0.4) is 0 Å². The van der Waals surface area contributed by atoms with E-state index in [-0.39, 0.29) is 29.6 Å². The van der Waals surface area contributed by atoms with E-state index in [0.717, 1.165) is 36.8 Å². The number of ether oxygens (including phenoxy) is 2. The highest BCUT2D eigenvalue weighted by atomic mass is 16.6. The van der Waals surface area contributed by atoms with Gasteiger partial charge in [0.05, 0.1) is 22.7 Å². The first kappa shape index (κ1) is 22.6. The lowest BCUT2D eigenvalue weighted by Crippen LogP contribution is -2.21. The van der Waals surface area contributed by atoms with Crippen molar-refractivity contribution < 1.29 is 19.2 Å². The van der Waals surface area contributed by atoms with Crippen LogP contribution in [0.4, 0.5) is 5.69 Å². The van der Waals surface area contributed by atoms with E-state index in [4.69, 9.17) is 9.47 Å². The summed E-state index contributed by atoms with van der Waals surface area (Å²) in [5, 5.41) is 10.8. The van der Waals surface area contributed by atoms with Crippen LogP contribution < -0.4 is 0 Å². The summed E-state index contributed by atoms with van der Waals surface area (Å²) in [6.45, 7) is 11.8. The molecular formula is C23H29NO5. The van der Waals surface area contributed by atoms with Crippen molar-refractivity contribution in [3.8, 4) is 0 Å². The molecule has 0 bridgehead atoms. The first-order valence-electron chi connectivity index (χ1n) is 9.98. The molecule has 3 atom stereocenters. The minimum absolute atomic E-state index is 0.0138. The Morgan fingerprint density at radius 1 is 1.38 bits per heavy atom. The molecule has 1 aliphatic rings. The van der Waals surface area contributed by atoms with Crippen molar-refractivity contribution in [2.24, 2.45) is 0 Å². The van der Waals surface area contributed by atoms with E-state index in [1.54, 1.807) is 0 Å². The Morgan fingerprint density at radius 3 is 2.66 bits per heavy atom. The average Bonchev–Trinajstić information content (AvgIpc) is 3.05. The van der Waals surface area contributed by atoms with Crippen LogP contribution >= 0.6 is 0 Å². The van der Waals surface area contributed by atoms with Crippen LogP contribution in [0.25, 0.3) is 0 Å². The molecule has 1 saturated heterocycles. The molecule has 156 valence electrons. The second kappa shape index (κ2) is 10.7. The molecular weight excluding hydrogens is 370 g/mol. The van der Waals surface area contributed by atoms with Crippen LogP contribution in [0, 0.1) is 10.1 Å². The van der Waals surface area contributed by atoms with Gasteiger partial charge in [-0.05, 0) is 55.9 Å². The molecule has 29 heavy (non-hydrogen) atoms. The summed E-state index contributed by atoms with van der Waals surface area (Å²) in [4.78, 5) is 22.8. The van der Waals surface area contributed by atoms with Crippen LogP contribution in [0.15, 0.2) is 54.3 Å². The number of esters is 1. The Labute approximate surface area is 172 Å². The van der Waals surface area contributed by atoms with Crippen LogP contribution in [0.2, 0.25) is 0 Å². The highest BCUT2D eigenvalue weighted by molar-refractivity contribution is 5.89. The molecule has 6 nitrogen and oxygen atoms in total. The molecule has 1 aromatic carbocycles. The Balaban J connectivity index is 2.00. The lowest BCUT2D eigenvalue weighted by molar-refractivity contribution is -0.384. The third-order valence-electron chi connectivity index (χ3n) is 5.09.